The van der Waals surface area contributed by atoms with Gasteiger partial charge < -0.3 is 0 Å². The fraction of sp³-hybridized carbons (Fsp3) is 0.607. The molecule has 0 aliphatic carbocycles. The molecule has 0 radical (unpaired) electrons. The van der Waals surface area contributed by atoms with Gasteiger partial charge in [-0.05, 0) is 121 Å². The number of benzene rings is 3. The molecule has 3 aromatic rings. The van der Waals surface area contributed by atoms with Crippen molar-refractivity contribution in [1.82, 2.24) is 0 Å². The van der Waals surface area contributed by atoms with Crippen LogP contribution >= 0.6 is 0 Å². The predicted molar refractivity (Wildman–Crippen MR) is 255 cm³/mol. The van der Waals surface area contributed by atoms with Crippen molar-refractivity contribution < 1.29 is 0 Å². The third-order valence-corrected chi connectivity index (χ3v) is 12.2. The Kier molecular flexibility index (Phi) is 25.7. The first kappa shape index (κ1) is 47.5. The number of hydrogen-bond acceptors (Lipinski definition) is 0. The Morgan fingerprint density at radius 2 is 0.571 bits per heavy atom. The molecule has 0 bridgehead atoms. The van der Waals surface area contributed by atoms with Crippen molar-refractivity contribution in [2.75, 3.05) is 0 Å². The maximum atomic E-state index is 2.53. The second-order valence-corrected chi connectivity index (χ2v) is 17.4. The molecule has 0 N–H and O–H groups in total. The van der Waals surface area contributed by atoms with E-state index >= 15 is 0 Å². The second-order valence-electron chi connectivity index (χ2n) is 17.4. The quantitative estimate of drug-likeness (QED) is 0.0439. The van der Waals surface area contributed by atoms with E-state index < -0.39 is 0 Å². The van der Waals surface area contributed by atoms with Gasteiger partial charge in [-0.3, -0.25) is 0 Å². The zero-order valence-electron chi connectivity index (χ0n) is 37.7. The summed E-state index contributed by atoms with van der Waals surface area (Å²) >= 11 is 0. The minimum absolute atomic E-state index is 1.19. The molecule has 0 unspecified atom stereocenters. The van der Waals surface area contributed by atoms with Crippen LogP contribution in [0.2, 0.25) is 0 Å². The van der Waals surface area contributed by atoms with Crippen LogP contribution < -0.4 is 0 Å². The van der Waals surface area contributed by atoms with E-state index in [4.69, 9.17) is 0 Å². The summed E-state index contributed by atoms with van der Waals surface area (Å²) in [7, 11) is 0. The number of rotatable bonds is 32. The molecule has 0 aliphatic rings. The van der Waals surface area contributed by atoms with E-state index in [0.29, 0.717) is 0 Å². The minimum atomic E-state index is 1.19. The van der Waals surface area contributed by atoms with Gasteiger partial charge in [-0.2, -0.15) is 0 Å². The molecule has 0 saturated carbocycles. The molecule has 56 heavy (non-hydrogen) atoms. The highest BCUT2D eigenvalue weighted by Crippen LogP contribution is 2.26. The first-order valence-electron chi connectivity index (χ1n) is 24.2. The average molecular weight is 759 g/mol. The van der Waals surface area contributed by atoms with Crippen LogP contribution in [0.4, 0.5) is 0 Å². The Bertz CT molecular complexity index is 1380. The van der Waals surface area contributed by atoms with Gasteiger partial charge in [0.1, 0.15) is 0 Å². The van der Waals surface area contributed by atoms with Crippen LogP contribution in [-0.4, -0.2) is 0 Å². The molecule has 3 aromatic carbocycles. The molecule has 0 saturated heterocycles. The van der Waals surface area contributed by atoms with Crippen molar-refractivity contribution >= 4 is 24.3 Å². The molecule has 0 aliphatic heterocycles. The summed E-state index contributed by atoms with van der Waals surface area (Å²) in [5.41, 5.74) is 14.6. The van der Waals surface area contributed by atoms with Crippen molar-refractivity contribution in [3.05, 3.63) is 104 Å². The van der Waals surface area contributed by atoms with E-state index in [1.165, 1.54) is 224 Å². The molecule has 0 aromatic heterocycles. The smallest absolute Gasteiger partial charge is 0.0221 e. The zero-order valence-corrected chi connectivity index (χ0v) is 37.7. The van der Waals surface area contributed by atoms with E-state index in [9.17, 15) is 0 Å². The summed E-state index contributed by atoms with van der Waals surface area (Å²) in [4.78, 5) is 0. The fourth-order valence-electron chi connectivity index (χ4n) is 8.42. The van der Waals surface area contributed by atoms with E-state index in [1.807, 2.05) is 0 Å². The topological polar surface area (TPSA) is 0 Å². The standard InChI is InChI=1S/C56H86/c1-7-11-15-19-23-27-31-51-45-55(53(43-47(51)5)33-29-25-21-17-13-9-3)41-39-49-35-37-50(38-36-49)40-42-56-46-52(32-28-24-20-16-12-8-2)48(6)44-54(56)34-30-26-22-18-14-10-4/h35-46H,7-34H2,1-6H3. The Balaban J connectivity index is 1.74. The molecular weight excluding hydrogens is 673 g/mol. The van der Waals surface area contributed by atoms with Crippen LogP contribution in [-0.2, 0) is 25.7 Å². The minimum Gasteiger partial charge on any atom is -0.0654 e. The first-order chi connectivity index (χ1) is 27.5. The Labute approximate surface area is 348 Å². The molecule has 0 heterocycles. The molecule has 0 amide bonds. The van der Waals surface area contributed by atoms with E-state index in [-0.39, 0.29) is 0 Å². The maximum Gasteiger partial charge on any atom is -0.0221 e. The summed E-state index contributed by atoms with van der Waals surface area (Å²) in [6.45, 7) is 13.9. The lowest BCUT2D eigenvalue weighted by Crippen LogP contribution is -1.98. The fourth-order valence-corrected chi connectivity index (χ4v) is 8.42. The zero-order chi connectivity index (χ0) is 40.1. The number of hydrogen-bond donors (Lipinski definition) is 0. The van der Waals surface area contributed by atoms with Gasteiger partial charge in [0.15, 0.2) is 0 Å². The number of aryl methyl sites for hydroxylation is 6. The summed E-state index contributed by atoms with van der Waals surface area (Å²) in [6, 6.07) is 19.4. The normalized spacial score (nSPS) is 11.8. The van der Waals surface area contributed by atoms with E-state index in [2.05, 4.69) is 114 Å². The van der Waals surface area contributed by atoms with Gasteiger partial charge in [0.2, 0.25) is 0 Å². The van der Waals surface area contributed by atoms with Gasteiger partial charge in [-0.1, -0.05) is 229 Å². The molecule has 0 spiro atoms. The molecule has 0 nitrogen and oxygen atoms in total. The molecule has 3 rings (SSSR count). The predicted octanol–water partition coefficient (Wildman–Crippen LogP) is 18.3. The van der Waals surface area contributed by atoms with Crippen molar-refractivity contribution in [1.29, 1.82) is 0 Å². The summed E-state index contributed by atoms with van der Waals surface area (Å²) < 4.78 is 0. The van der Waals surface area contributed by atoms with Gasteiger partial charge in [0.05, 0.1) is 0 Å². The van der Waals surface area contributed by atoms with Crippen molar-refractivity contribution in [3.63, 3.8) is 0 Å². The summed E-state index contributed by atoms with van der Waals surface area (Å²) in [6.07, 6.45) is 46.8. The van der Waals surface area contributed by atoms with Crippen molar-refractivity contribution in [2.24, 2.45) is 0 Å². The lowest BCUT2D eigenvalue weighted by Gasteiger charge is -2.14. The Hall–Kier alpha value is -2.86. The van der Waals surface area contributed by atoms with Crippen molar-refractivity contribution in [2.45, 2.75) is 221 Å². The number of unbranched alkanes of at least 4 members (excludes halogenated alkanes) is 20. The van der Waals surface area contributed by atoms with Gasteiger partial charge in [-0.15, -0.1) is 0 Å². The Morgan fingerprint density at radius 1 is 0.304 bits per heavy atom. The van der Waals surface area contributed by atoms with Crippen LogP contribution in [0, 0.1) is 13.8 Å². The first-order valence-corrected chi connectivity index (χ1v) is 24.2. The highest BCUT2D eigenvalue weighted by Gasteiger charge is 2.09. The lowest BCUT2D eigenvalue weighted by atomic mass is 9.92. The third-order valence-electron chi connectivity index (χ3n) is 12.2. The maximum absolute atomic E-state index is 2.53. The van der Waals surface area contributed by atoms with Crippen LogP contribution in [0.25, 0.3) is 24.3 Å². The van der Waals surface area contributed by atoms with E-state index in [1.54, 1.807) is 11.1 Å². The molecular formula is C56H86. The highest BCUT2D eigenvalue weighted by atomic mass is 14.1. The van der Waals surface area contributed by atoms with Crippen LogP contribution in [0.15, 0.2) is 48.5 Å². The SMILES string of the molecule is CCCCCCCCc1cc(C=Cc2ccc(C=Cc3cc(CCCCCCCC)c(C)cc3CCCCCCCC)cc2)c(CCCCCCCC)cc1C. The summed E-state index contributed by atoms with van der Waals surface area (Å²) in [5.74, 6) is 0. The van der Waals surface area contributed by atoms with Gasteiger partial charge in [0.25, 0.3) is 0 Å². The monoisotopic (exact) mass is 759 g/mol. The largest absolute Gasteiger partial charge is 0.0654 e. The second kappa shape index (κ2) is 30.3. The summed E-state index contributed by atoms with van der Waals surface area (Å²) in [5, 5.41) is 0. The average Bonchev–Trinajstić information content (AvgIpc) is 3.20. The van der Waals surface area contributed by atoms with Gasteiger partial charge in [0, 0.05) is 0 Å². The van der Waals surface area contributed by atoms with Crippen LogP contribution in [0.1, 0.15) is 237 Å². The Morgan fingerprint density at radius 3 is 0.875 bits per heavy atom. The van der Waals surface area contributed by atoms with Gasteiger partial charge in [-0.25, -0.2) is 0 Å². The molecule has 0 heteroatoms. The molecule has 0 fully saturated rings. The van der Waals surface area contributed by atoms with Crippen LogP contribution in [0.5, 0.6) is 0 Å². The van der Waals surface area contributed by atoms with E-state index in [0.717, 1.165) is 0 Å². The highest BCUT2D eigenvalue weighted by molar-refractivity contribution is 5.75. The third kappa shape index (κ3) is 19.5. The lowest BCUT2D eigenvalue weighted by molar-refractivity contribution is 0.605. The molecule has 0 atom stereocenters. The van der Waals surface area contributed by atoms with Crippen molar-refractivity contribution in [3.8, 4) is 0 Å². The van der Waals surface area contributed by atoms with Gasteiger partial charge >= 0.3 is 0 Å². The molecule has 310 valence electrons. The van der Waals surface area contributed by atoms with Crippen LogP contribution in [0.3, 0.4) is 0 Å².